The van der Waals surface area contributed by atoms with Crippen molar-refractivity contribution in [2.24, 2.45) is 0 Å². The molecule has 0 aromatic heterocycles. The van der Waals surface area contributed by atoms with Crippen LogP contribution in [0.1, 0.15) is 207 Å². The topological polar surface area (TPSA) is 115 Å². The number of nitrogens with zero attached hydrogens (tertiary/aromatic N) is 3. The van der Waals surface area contributed by atoms with Crippen LogP contribution in [0.15, 0.2) is 0 Å². The summed E-state index contributed by atoms with van der Waals surface area (Å²) in [6, 6.07) is 0. The first kappa shape index (κ1) is 76.6. The molecule has 11 nitrogen and oxygen atoms in total. The molecule has 0 bridgehead atoms. The van der Waals surface area contributed by atoms with Gasteiger partial charge in [0.15, 0.2) is 0 Å². The van der Waals surface area contributed by atoms with Gasteiger partial charge in [-0.3, -0.25) is 19.2 Å². The Kier molecular flexibility index (Phi) is 63.6. The van der Waals surface area contributed by atoms with E-state index in [2.05, 4.69) is 49.4 Å². The van der Waals surface area contributed by atoms with Crippen molar-refractivity contribution in [3.63, 3.8) is 0 Å². The summed E-state index contributed by atoms with van der Waals surface area (Å²) >= 11 is 0. The minimum atomic E-state index is -0.215. The van der Waals surface area contributed by atoms with Crippen molar-refractivity contribution in [2.75, 3.05) is 132 Å². The first-order valence-corrected chi connectivity index (χ1v) is 39.9. The van der Waals surface area contributed by atoms with Crippen LogP contribution in [-0.4, -0.2) is 170 Å². The highest BCUT2D eigenvalue weighted by Crippen LogP contribution is 2.26. The third-order valence-electron chi connectivity index (χ3n) is 12.5. The van der Waals surface area contributed by atoms with Gasteiger partial charge in [-0.2, -0.15) is 0 Å². The monoisotopic (exact) mass is 1220 g/mol. The zero-order chi connectivity index (χ0) is 55.5. The van der Waals surface area contributed by atoms with Crippen LogP contribution in [0.5, 0.6) is 0 Å². The third kappa shape index (κ3) is 59.2. The van der Waals surface area contributed by atoms with E-state index in [0.717, 1.165) is 46.0 Å². The maximum atomic E-state index is 12.9. The number of likely N-dealkylation sites (N-methyl/N-ethyl adjacent to an activating group) is 1. The third-order valence-corrected chi connectivity index (χ3v) is 22.3. The Morgan fingerprint density at radius 1 is 0.276 bits per heavy atom. The van der Waals surface area contributed by atoms with E-state index in [1.807, 2.05) is 43.2 Å². The summed E-state index contributed by atoms with van der Waals surface area (Å²) in [6.07, 6.45) is 32.1. The lowest BCUT2D eigenvalue weighted by molar-refractivity contribution is -0.145. The number of esters is 4. The van der Waals surface area contributed by atoms with Crippen molar-refractivity contribution in [3.8, 4) is 0 Å². The van der Waals surface area contributed by atoms with Crippen LogP contribution in [-0.2, 0) is 38.1 Å². The van der Waals surface area contributed by atoms with Crippen LogP contribution in [0.2, 0.25) is 0 Å². The minimum absolute atomic E-state index is 0.215. The quantitative estimate of drug-likeness (QED) is 0.0249. The molecule has 0 amide bonds. The zero-order valence-electron chi connectivity index (χ0n) is 48.8. The molecule has 0 N–H and O–H groups in total. The lowest BCUT2D eigenvalue weighted by Crippen LogP contribution is -2.40. The Balaban J connectivity index is 5.16. The molecule has 0 aliphatic heterocycles. The van der Waals surface area contributed by atoms with Crippen molar-refractivity contribution in [1.82, 2.24) is 14.7 Å². The fourth-order valence-electron chi connectivity index (χ4n) is 7.69. The summed E-state index contributed by atoms with van der Waals surface area (Å²) in [6.45, 7) is 15.3. The summed E-state index contributed by atoms with van der Waals surface area (Å²) in [7, 11) is 16.6. The van der Waals surface area contributed by atoms with Crippen LogP contribution in [0, 0.1) is 0 Å². The predicted molar refractivity (Wildman–Crippen MR) is 346 cm³/mol. The standard InChI is InChI=1S/C57H111N3O8S8/c1-6-10-14-18-22-26-46-69-73-50-42-65-54(61)30-34-59(35-31-55(62)66-43-51-74-70-47-27-23-19-15-11-7-2)40-38-58(5)39-41-60(36-32-56(63)67-44-52-75-71-48-28-24-20-16-12-8-3)37-33-57(64)68-45-53-76-72-49-29-25-21-17-13-9-4/h6-53H2,1-5H3. The Morgan fingerprint density at radius 3 is 0.724 bits per heavy atom. The van der Waals surface area contributed by atoms with Crippen LogP contribution in [0.25, 0.3) is 0 Å². The number of hydrogen-bond acceptors (Lipinski definition) is 19. The highest BCUT2D eigenvalue weighted by Gasteiger charge is 2.17. The molecule has 19 heteroatoms. The summed E-state index contributed by atoms with van der Waals surface area (Å²) in [5.74, 6) is 6.76. The Labute approximate surface area is 498 Å². The molecule has 0 aromatic rings. The zero-order valence-corrected chi connectivity index (χ0v) is 55.3. The second-order valence-electron chi connectivity index (χ2n) is 19.5. The van der Waals surface area contributed by atoms with E-state index in [9.17, 15) is 19.2 Å². The lowest BCUT2D eigenvalue weighted by Gasteiger charge is -2.27. The SMILES string of the molecule is CCCCCCCCSSCCOC(=O)CCN(CCC(=O)OCCSSCCCCCCCC)CCN(C)CCN(CCC(=O)OCCSSCCCCCCCC)CCC(=O)OCCSSCCCCCCCC. The van der Waals surface area contributed by atoms with Crippen molar-refractivity contribution >= 4 is 110 Å². The molecular formula is C57H111N3O8S8. The first-order valence-electron chi connectivity index (χ1n) is 30.0. The maximum absolute atomic E-state index is 12.9. The van der Waals surface area contributed by atoms with Gasteiger partial charge in [0, 0.05) is 98.4 Å². The van der Waals surface area contributed by atoms with Gasteiger partial charge < -0.3 is 33.6 Å². The van der Waals surface area contributed by atoms with Crippen LogP contribution in [0.3, 0.4) is 0 Å². The molecule has 0 saturated heterocycles. The second kappa shape index (κ2) is 63.1. The molecule has 0 heterocycles. The molecule has 0 aromatic carbocycles. The van der Waals surface area contributed by atoms with Gasteiger partial charge in [-0.25, -0.2) is 0 Å². The summed E-state index contributed by atoms with van der Waals surface area (Å²) in [5, 5.41) is 0. The molecule has 76 heavy (non-hydrogen) atoms. The van der Waals surface area contributed by atoms with Crippen LogP contribution >= 0.6 is 86.4 Å². The molecule has 450 valence electrons. The molecule has 0 radical (unpaired) electrons. The molecular weight excluding hydrogens is 1110 g/mol. The molecule has 0 spiro atoms. The van der Waals surface area contributed by atoms with Crippen LogP contribution in [0.4, 0.5) is 0 Å². The van der Waals surface area contributed by atoms with E-state index in [1.165, 1.54) is 154 Å². The highest BCUT2D eigenvalue weighted by molar-refractivity contribution is 8.77. The largest absolute Gasteiger partial charge is 0.465 e. The Bertz CT molecular complexity index is 1110. The van der Waals surface area contributed by atoms with E-state index < -0.39 is 0 Å². The van der Waals surface area contributed by atoms with Gasteiger partial charge in [-0.05, 0) is 32.7 Å². The second-order valence-corrected chi connectivity index (χ2v) is 30.3. The summed E-state index contributed by atoms with van der Waals surface area (Å²) in [5.41, 5.74) is 0. The Morgan fingerprint density at radius 2 is 0.487 bits per heavy atom. The summed E-state index contributed by atoms with van der Waals surface area (Å²) in [4.78, 5) is 58.1. The maximum Gasteiger partial charge on any atom is 0.307 e. The number of carbonyl (C=O) groups excluding carboxylic acids is 4. The molecule has 0 atom stereocenters. The number of unbranched alkanes of at least 4 members (excludes halogenated alkanes) is 20. The summed E-state index contributed by atoms with van der Waals surface area (Å²) < 4.78 is 22.5. The number of carbonyl (C=O) groups is 4. The molecule has 0 saturated carbocycles. The highest BCUT2D eigenvalue weighted by atomic mass is 33.1. The average molecular weight is 1220 g/mol. The van der Waals surface area contributed by atoms with E-state index in [1.54, 1.807) is 43.2 Å². The number of ether oxygens (including phenoxy) is 4. The van der Waals surface area contributed by atoms with Crippen molar-refractivity contribution in [1.29, 1.82) is 0 Å². The van der Waals surface area contributed by atoms with Crippen molar-refractivity contribution < 1.29 is 38.1 Å². The fraction of sp³-hybridized carbons (Fsp3) is 0.930. The van der Waals surface area contributed by atoms with Crippen LogP contribution < -0.4 is 0 Å². The van der Waals surface area contributed by atoms with E-state index >= 15 is 0 Å². The molecule has 0 fully saturated rings. The molecule has 0 aliphatic carbocycles. The normalized spacial score (nSPS) is 11.6. The fourth-order valence-corrected chi connectivity index (χ4v) is 15.6. The smallest absolute Gasteiger partial charge is 0.307 e. The molecule has 0 aliphatic rings. The lowest BCUT2D eigenvalue weighted by atomic mass is 10.1. The van der Waals surface area contributed by atoms with Gasteiger partial charge in [0.1, 0.15) is 26.4 Å². The van der Waals surface area contributed by atoms with E-state index in [-0.39, 0.29) is 49.6 Å². The average Bonchev–Trinajstić information content (AvgIpc) is 3.41. The Hall–Kier alpha value is 0.560. The van der Waals surface area contributed by atoms with Gasteiger partial charge in [-0.15, -0.1) is 0 Å². The van der Waals surface area contributed by atoms with Gasteiger partial charge in [0.25, 0.3) is 0 Å². The predicted octanol–water partition coefficient (Wildman–Crippen LogP) is 16.2. The van der Waals surface area contributed by atoms with Gasteiger partial charge in [0.2, 0.25) is 0 Å². The van der Waals surface area contributed by atoms with E-state index in [0.29, 0.717) is 78.8 Å². The van der Waals surface area contributed by atoms with Crippen molar-refractivity contribution in [3.05, 3.63) is 0 Å². The molecule has 0 unspecified atom stereocenters. The first-order chi connectivity index (χ1) is 37.2. The van der Waals surface area contributed by atoms with Gasteiger partial charge in [0.05, 0.1) is 25.7 Å². The van der Waals surface area contributed by atoms with Gasteiger partial charge >= 0.3 is 23.9 Å². The minimum Gasteiger partial charge on any atom is -0.465 e. The number of rotatable bonds is 62. The van der Waals surface area contributed by atoms with E-state index in [4.69, 9.17) is 18.9 Å². The number of hydrogen-bond donors (Lipinski definition) is 0. The van der Waals surface area contributed by atoms with Gasteiger partial charge in [-0.1, -0.05) is 242 Å². The molecule has 0 rings (SSSR count). The van der Waals surface area contributed by atoms with Crippen molar-refractivity contribution in [2.45, 2.75) is 207 Å².